The number of carboxylic acids is 1. The van der Waals surface area contributed by atoms with Gasteiger partial charge in [0, 0.05) is 5.57 Å². The molecular weight excluding hydrogens is 418 g/mol. The van der Waals surface area contributed by atoms with E-state index in [1.807, 2.05) is 0 Å². The van der Waals surface area contributed by atoms with E-state index in [0.29, 0.717) is 11.1 Å². The van der Waals surface area contributed by atoms with Crippen LogP contribution in [0.15, 0.2) is 65.1 Å². The first-order valence-electron chi connectivity index (χ1n) is 10.1. The zero-order chi connectivity index (χ0) is 22.4. The molecule has 2 N–H and O–H groups in total. The summed E-state index contributed by atoms with van der Waals surface area (Å²) in [4.78, 5) is 23.9. The number of esters is 1. The van der Waals surface area contributed by atoms with Crippen molar-refractivity contribution in [2.24, 2.45) is 0 Å². The summed E-state index contributed by atoms with van der Waals surface area (Å²) in [6.07, 6.45) is 4.69. The maximum Gasteiger partial charge on any atom is 0.331 e. The lowest BCUT2D eigenvalue weighted by atomic mass is 10.1. The van der Waals surface area contributed by atoms with Gasteiger partial charge in [-0.2, -0.15) is 4.72 Å². The molecule has 1 aliphatic carbocycles. The average molecular weight is 444 g/mol. The Kier molecular flexibility index (Phi) is 7.25. The first kappa shape index (κ1) is 22.7. The fraction of sp³-hybridized carbons (Fsp3) is 0.304. The molecule has 2 aromatic carbocycles. The second kappa shape index (κ2) is 9.89. The highest BCUT2D eigenvalue weighted by Gasteiger charge is 2.31. The topological polar surface area (TPSA) is 110 Å². The van der Waals surface area contributed by atoms with Crippen molar-refractivity contribution in [1.82, 2.24) is 4.72 Å². The minimum Gasteiger partial charge on any atom is -0.478 e. The molecule has 0 saturated heterocycles. The van der Waals surface area contributed by atoms with Gasteiger partial charge in [0.1, 0.15) is 12.1 Å². The molecule has 0 unspecified atom stereocenters. The predicted molar refractivity (Wildman–Crippen MR) is 116 cm³/mol. The monoisotopic (exact) mass is 443 g/mol. The largest absolute Gasteiger partial charge is 0.478 e. The molecule has 1 atom stereocenters. The Balaban J connectivity index is 1.88. The van der Waals surface area contributed by atoms with Crippen molar-refractivity contribution in [2.45, 2.75) is 49.6 Å². The van der Waals surface area contributed by atoms with Gasteiger partial charge in [-0.25, -0.2) is 18.0 Å². The van der Waals surface area contributed by atoms with E-state index < -0.39 is 28.0 Å². The van der Waals surface area contributed by atoms with Crippen molar-refractivity contribution in [3.8, 4) is 0 Å². The third-order valence-electron chi connectivity index (χ3n) is 5.12. The number of aliphatic carboxylic acids is 1. The van der Waals surface area contributed by atoms with Gasteiger partial charge in [0.2, 0.25) is 10.0 Å². The van der Waals surface area contributed by atoms with E-state index in [2.05, 4.69) is 4.72 Å². The van der Waals surface area contributed by atoms with E-state index in [1.165, 1.54) is 31.2 Å². The number of rotatable bonds is 8. The summed E-state index contributed by atoms with van der Waals surface area (Å²) in [5, 5.41) is 9.05. The first-order valence-corrected chi connectivity index (χ1v) is 11.5. The summed E-state index contributed by atoms with van der Waals surface area (Å²) < 4.78 is 34.2. The number of benzene rings is 2. The predicted octanol–water partition coefficient (Wildman–Crippen LogP) is 3.68. The van der Waals surface area contributed by atoms with Gasteiger partial charge in [-0.05, 0) is 61.9 Å². The highest BCUT2D eigenvalue weighted by molar-refractivity contribution is 7.89. The molecule has 1 aliphatic rings. The number of carboxylic acid groups (broad SMARTS) is 1. The van der Waals surface area contributed by atoms with Crippen LogP contribution in [0.5, 0.6) is 0 Å². The molecule has 31 heavy (non-hydrogen) atoms. The van der Waals surface area contributed by atoms with Crippen LogP contribution in [0.4, 0.5) is 0 Å². The van der Waals surface area contributed by atoms with Crippen LogP contribution in [-0.4, -0.2) is 31.6 Å². The fourth-order valence-corrected chi connectivity index (χ4v) is 4.67. The third kappa shape index (κ3) is 6.02. The smallest absolute Gasteiger partial charge is 0.331 e. The summed E-state index contributed by atoms with van der Waals surface area (Å²) in [7, 11) is -4.09. The molecule has 0 heterocycles. The van der Waals surface area contributed by atoms with Crippen LogP contribution < -0.4 is 4.72 Å². The normalized spacial score (nSPS) is 16.1. The average Bonchev–Trinajstić information content (AvgIpc) is 3.25. The maximum atomic E-state index is 13.1. The number of carbonyl (C=O) groups excluding carboxylic acids is 1. The third-order valence-corrected chi connectivity index (χ3v) is 6.54. The van der Waals surface area contributed by atoms with Crippen molar-refractivity contribution in [1.29, 1.82) is 0 Å². The Morgan fingerprint density at radius 1 is 1.10 bits per heavy atom. The summed E-state index contributed by atoms with van der Waals surface area (Å²) in [6.45, 7) is 1.42. The molecule has 0 aromatic heterocycles. The molecule has 3 rings (SSSR count). The van der Waals surface area contributed by atoms with E-state index in [9.17, 15) is 18.0 Å². The lowest BCUT2D eigenvalue weighted by molar-refractivity contribution is -0.151. The van der Waals surface area contributed by atoms with Crippen LogP contribution in [-0.2, 0) is 24.3 Å². The van der Waals surface area contributed by atoms with Gasteiger partial charge in [0.25, 0.3) is 0 Å². The Morgan fingerprint density at radius 2 is 1.77 bits per heavy atom. The van der Waals surface area contributed by atoms with Gasteiger partial charge in [-0.3, -0.25) is 0 Å². The standard InChI is InChI=1S/C23H25NO6S/c1-16(22(25)26)14-17-8-7-13-20(15-17)31(28,29)24-21(18-9-3-2-4-10-18)23(27)30-19-11-5-6-12-19/h2-4,7-10,13-15,19,21,24H,5-6,11-12H2,1H3,(H,25,26)/b16-14+/t21-/m0/s1. The molecule has 0 bridgehead atoms. The number of sulfonamides is 1. The Labute approximate surface area is 181 Å². The number of carbonyl (C=O) groups is 2. The van der Waals surface area contributed by atoms with Crippen molar-refractivity contribution in [2.75, 3.05) is 0 Å². The molecule has 0 radical (unpaired) electrons. The second-order valence-corrected chi connectivity index (χ2v) is 9.23. The molecule has 0 aliphatic heterocycles. The molecular formula is C23H25NO6S. The molecule has 1 saturated carbocycles. The van der Waals surface area contributed by atoms with E-state index in [0.717, 1.165) is 25.7 Å². The first-order chi connectivity index (χ1) is 14.8. The Bertz CT molecular complexity index is 1070. The molecule has 164 valence electrons. The van der Waals surface area contributed by atoms with E-state index in [-0.39, 0.29) is 16.6 Å². The summed E-state index contributed by atoms with van der Waals surface area (Å²) in [5.74, 6) is -1.73. The van der Waals surface area contributed by atoms with Crippen LogP contribution in [0, 0.1) is 0 Å². The van der Waals surface area contributed by atoms with E-state index in [1.54, 1.807) is 36.4 Å². The summed E-state index contributed by atoms with van der Waals surface area (Å²) in [5.41, 5.74) is 0.976. The molecule has 1 fully saturated rings. The summed E-state index contributed by atoms with van der Waals surface area (Å²) >= 11 is 0. The minimum absolute atomic E-state index is 0.0739. The number of ether oxygens (including phenoxy) is 1. The maximum absolute atomic E-state index is 13.1. The fourth-order valence-electron chi connectivity index (χ4n) is 3.44. The van der Waals surface area contributed by atoms with Crippen molar-refractivity contribution >= 4 is 28.0 Å². The number of hydrogen-bond acceptors (Lipinski definition) is 5. The highest BCUT2D eigenvalue weighted by atomic mass is 32.2. The van der Waals surface area contributed by atoms with Crippen molar-refractivity contribution in [3.05, 3.63) is 71.3 Å². The minimum atomic E-state index is -4.09. The SMILES string of the molecule is C/C(=C\c1cccc(S(=O)(=O)N[C@H](C(=O)OC2CCCC2)c2ccccc2)c1)C(=O)O. The van der Waals surface area contributed by atoms with Gasteiger partial charge >= 0.3 is 11.9 Å². The van der Waals surface area contributed by atoms with Gasteiger partial charge < -0.3 is 9.84 Å². The molecule has 0 amide bonds. The van der Waals surface area contributed by atoms with Crippen molar-refractivity contribution < 1.29 is 27.9 Å². The Hall–Kier alpha value is -2.97. The van der Waals surface area contributed by atoms with Crippen molar-refractivity contribution in [3.63, 3.8) is 0 Å². The zero-order valence-corrected chi connectivity index (χ0v) is 18.0. The van der Waals surface area contributed by atoms with Gasteiger partial charge in [0.15, 0.2) is 0 Å². The quantitative estimate of drug-likeness (QED) is 0.476. The van der Waals surface area contributed by atoms with Crippen LogP contribution in [0.3, 0.4) is 0 Å². The number of nitrogens with one attached hydrogen (secondary N) is 1. The van der Waals surface area contributed by atoms with Crippen LogP contribution in [0.2, 0.25) is 0 Å². The van der Waals surface area contributed by atoms with E-state index >= 15 is 0 Å². The van der Waals surface area contributed by atoms with Gasteiger partial charge in [-0.1, -0.05) is 42.5 Å². The van der Waals surface area contributed by atoms with Gasteiger partial charge in [0.05, 0.1) is 4.90 Å². The summed E-state index contributed by atoms with van der Waals surface area (Å²) in [6, 6.07) is 13.2. The lowest BCUT2D eigenvalue weighted by Gasteiger charge is -2.20. The van der Waals surface area contributed by atoms with Crippen LogP contribution in [0.1, 0.15) is 49.8 Å². The molecule has 2 aromatic rings. The Morgan fingerprint density at radius 3 is 2.42 bits per heavy atom. The lowest BCUT2D eigenvalue weighted by Crippen LogP contribution is -2.36. The highest BCUT2D eigenvalue weighted by Crippen LogP contribution is 2.25. The molecule has 0 spiro atoms. The second-order valence-electron chi connectivity index (χ2n) is 7.51. The zero-order valence-electron chi connectivity index (χ0n) is 17.2. The van der Waals surface area contributed by atoms with Gasteiger partial charge in [-0.15, -0.1) is 0 Å². The van der Waals surface area contributed by atoms with E-state index in [4.69, 9.17) is 9.84 Å². The molecule has 8 heteroatoms. The van der Waals surface area contributed by atoms with Crippen LogP contribution >= 0.6 is 0 Å². The number of hydrogen-bond donors (Lipinski definition) is 2. The molecule has 7 nitrogen and oxygen atoms in total. The van der Waals surface area contributed by atoms with Crippen LogP contribution in [0.25, 0.3) is 6.08 Å².